The van der Waals surface area contributed by atoms with E-state index in [4.69, 9.17) is 5.90 Å². The number of benzene rings is 1. The summed E-state index contributed by atoms with van der Waals surface area (Å²) in [6.45, 7) is 0.516. The molecule has 0 amide bonds. The molecule has 3 heteroatoms. The third-order valence-corrected chi connectivity index (χ3v) is 2.97. The van der Waals surface area contributed by atoms with Crippen LogP contribution in [0.4, 0.5) is 0 Å². The molecule has 0 heterocycles. The first-order valence-corrected chi connectivity index (χ1v) is 5.22. The molecule has 1 aliphatic rings. The van der Waals surface area contributed by atoms with Gasteiger partial charge in [-0.1, -0.05) is 15.9 Å². The number of rotatable bonds is 2. The molecule has 0 saturated carbocycles. The number of hydrogen-bond acceptors (Lipinski definition) is 2. The molecular weight excluding hydrogens is 230 g/mol. The van der Waals surface area contributed by atoms with Crippen molar-refractivity contribution < 1.29 is 4.84 Å². The van der Waals surface area contributed by atoms with Crippen LogP contribution in [0, 0.1) is 0 Å². The lowest BCUT2D eigenvalue weighted by molar-refractivity contribution is 0.123. The van der Waals surface area contributed by atoms with Crippen LogP contribution in [0.1, 0.15) is 23.1 Å². The van der Waals surface area contributed by atoms with Gasteiger partial charge in [-0.3, -0.25) is 4.84 Å². The number of aryl methyl sites for hydroxylation is 1. The fourth-order valence-electron chi connectivity index (χ4n) is 1.97. The first-order chi connectivity index (χ1) is 6.31. The quantitative estimate of drug-likeness (QED) is 0.808. The lowest BCUT2D eigenvalue weighted by Gasteiger charge is -2.07. The minimum Gasteiger partial charge on any atom is -0.300 e. The molecule has 13 heavy (non-hydrogen) atoms. The van der Waals surface area contributed by atoms with E-state index in [-0.39, 0.29) is 0 Å². The third-order valence-electron chi connectivity index (χ3n) is 2.51. The van der Waals surface area contributed by atoms with Gasteiger partial charge in [0.1, 0.15) is 0 Å². The number of nitrogens with two attached hydrogens (primary N) is 1. The Morgan fingerprint density at radius 3 is 3.00 bits per heavy atom. The highest BCUT2D eigenvalue weighted by Gasteiger charge is 2.15. The van der Waals surface area contributed by atoms with Gasteiger partial charge in [0.2, 0.25) is 0 Å². The zero-order valence-corrected chi connectivity index (χ0v) is 8.93. The lowest BCUT2D eigenvalue weighted by Crippen LogP contribution is -2.02. The van der Waals surface area contributed by atoms with Gasteiger partial charge in [0.15, 0.2) is 0 Å². The van der Waals surface area contributed by atoms with Gasteiger partial charge in [-0.05, 0) is 48.1 Å². The van der Waals surface area contributed by atoms with Crippen LogP contribution in [0.15, 0.2) is 16.6 Å². The van der Waals surface area contributed by atoms with E-state index in [1.165, 1.54) is 36.0 Å². The summed E-state index contributed by atoms with van der Waals surface area (Å²) in [6, 6.07) is 4.29. The van der Waals surface area contributed by atoms with Crippen molar-refractivity contribution in [1.82, 2.24) is 0 Å². The van der Waals surface area contributed by atoms with Gasteiger partial charge in [-0.2, -0.15) is 0 Å². The third kappa shape index (κ3) is 1.77. The van der Waals surface area contributed by atoms with Crippen molar-refractivity contribution in [3.63, 3.8) is 0 Å². The van der Waals surface area contributed by atoms with Crippen LogP contribution in [0.25, 0.3) is 0 Å². The fourth-order valence-corrected chi connectivity index (χ4v) is 2.53. The van der Waals surface area contributed by atoms with Crippen LogP contribution in [0.5, 0.6) is 0 Å². The minimum atomic E-state index is 0.516. The molecule has 0 bridgehead atoms. The summed E-state index contributed by atoms with van der Waals surface area (Å²) in [7, 11) is 0. The molecule has 2 rings (SSSR count). The minimum absolute atomic E-state index is 0.516. The maximum absolute atomic E-state index is 5.09. The first-order valence-electron chi connectivity index (χ1n) is 4.43. The van der Waals surface area contributed by atoms with Gasteiger partial charge >= 0.3 is 0 Å². The Labute approximate surface area is 86.2 Å². The van der Waals surface area contributed by atoms with Gasteiger partial charge < -0.3 is 0 Å². The first kappa shape index (κ1) is 9.19. The van der Waals surface area contributed by atoms with Gasteiger partial charge in [0, 0.05) is 4.47 Å². The summed E-state index contributed by atoms with van der Waals surface area (Å²) < 4.78 is 1.13. The number of halogens is 1. The van der Waals surface area contributed by atoms with E-state index in [9.17, 15) is 0 Å². The standard InChI is InChI=1S/C10H12BrNO/c11-9-4-7-2-1-3-10(7)8(5-9)6-13-12/h4-5H,1-3,6,12H2. The molecule has 70 valence electrons. The van der Waals surface area contributed by atoms with Crippen LogP contribution < -0.4 is 5.90 Å². The van der Waals surface area contributed by atoms with Crippen molar-refractivity contribution >= 4 is 15.9 Å². The topological polar surface area (TPSA) is 35.2 Å². The molecule has 0 atom stereocenters. The van der Waals surface area contributed by atoms with E-state index in [1.807, 2.05) is 0 Å². The monoisotopic (exact) mass is 241 g/mol. The van der Waals surface area contributed by atoms with Crippen LogP contribution in [0.2, 0.25) is 0 Å². The summed E-state index contributed by atoms with van der Waals surface area (Å²) in [6.07, 6.45) is 3.61. The van der Waals surface area contributed by atoms with Crippen molar-refractivity contribution in [3.8, 4) is 0 Å². The summed E-state index contributed by atoms with van der Waals surface area (Å²) in [5.74, 6) is 5.09. The van der Waals surface area contributed by atoms with E-state index in [1.54, 1.807) is 0 Å². The highest BCUT2D eigenvalue weighted by molar-refractivity contribution is 9.10. The predicted octanol–water partition coefficient (Wildman–Crippen LogP) is 2.33. The number of hydrogen-bond donors (Lipinski definition) is 1. The molecule has 2 nitrogen and oxygen atoms in total. The number of fused-ring (bicyclic) bond motifs is 1. The van der Waals surface area contributed by atoms with E-state index in [2.05, 4.69) is 32.9 Å². The largest absolute Gasteiger partial charge is 0.300 e. The summed E-state index contributed by atoms with van der Waals surface area (Å²) in [4.78, 5) is 4.69. The Hall–Kier alpha value is -0.380. The second-order valence-corrected chi connectivity index (χ2v) is 4.28. The van der Waals surface area contributed by atoms with Crippen molar-refractivity contribution in [3.05, 3.63) is 33.3 Å². The Balaban J connectivity index is 2.43. The second-order valence-electron chi connectivity index (χ2n) is 3.37. The van der Waals surface area contributed by atoms with Crippen molar-refractivity contribution in [2.75, 3.05) is 0 Å². The molecule has 0 aromatic heterocycles. The van der Waals surface area contributed by atoms with Gasteiger partial charge in [0.25, 0.3) is 0 Å². The average Bonchev–Trinajstić information content (AvgIpc) is 2.52. The highest BCUT2D eigenvalue weighted by atomic mass is 79.9. The van der Waals surface area contributed by atoms with Crippen LogP contribution in [-0.4, -0.2) is 0 Å². The van der Waals surface area contributed by atoms with Crippen LogP contribution >= 0.6 is 15.9 Å². The predicted molar refractivity (Wildman–Crippen MR) is 55.1 cm³/mol. The second kappa shape index (κ2) is 3.78. The Morgan fingerprint density at radius 2 is 2.23 bits per heavy atom. The van der Waals surface area contributed by atoms with Gasteiger partial charge in [-0.15, -0.1) is 0 Å². The zero-order valence-electron chi connectivity index (χ0n) is 7.35. The maximum atomic E-state index is 5.09. The highest BCUT2D eigenvalue weighted by Crippen LogP contribution is 2.29. The molecule has 1 aromatic rings. The molecule has 0 radical (unpaired) electrons. The van der Waals surface area contributed by atoms with Crippen molar-refractivity contribution in [2.45, 2.75) is 25.9 Å². The molecule has 0 fully saturated rings. The molecular formula is C10H12BrNO. The molecule has 1 aliphatic carbocycles. The average molecular weight is 242 g/mol. The van der Waals surface area contributed by atoms with Gasteiger partial charge in [0.05, 0.1) is 6.61 Å². The normalized spacial score (nSPS) is 14.6. The molecule has 0 spiro atoms. The SMILES string of the molecule is NOCc1cc(Br)cc2c1CCC2. The molecule has 0 aliphatic heterocycles. The van der Waals surface area contributed by atoms with E-state index >= 15 is 0 Å². The van der Waals surface area contributed by atoms with E-state index < -0.39 is 0 Å². The van der Waals surface area contributed by atoms with E-state index in [0.29, 0.717) is 6.61 Å². The maximum Gasteiger partial charge on any atom is 0.0933 e. The molecule has 0 saturated heterocycles. The smallest absolute Gasteiger partial charge is 0.0933 e. The van der Waals surface area contributed by atoms with Crippen LogP contribution in [-0.2, 0) is 24.3 Å². The Morgan fingerprint density at radius 1 is 1.38 bits per heavy atom. The Bertz CT molecular complexity index is 325. The van der Waals surface area contributed by atoms with E-state index in [0.717, 1.165) is 4.47 Å². The summed E-state index contributed by atoms with van der Waals surface area (Å²) >= 11 is 3.49. The summed E-state index contributed by atoms with van der Waals surface area (Å²) in [5.41, 5.74) is 4.11. The summed E-state index contributed by atoms with van der Waals surface area (Å²) in [5, 5.41) is 0. The Kier molecular flexibility index (Phi) is 2.67. The molecule has 1 aromatic carbocycles. The van der Waals surface area contributed by atoms with Crippen molar-refractivity contribution in [2.24, 2.45) is 5.90 Å². The molecule has 0 unspecified atom stereocenters. The van der Waals surface area contributed by atoms with Gasteiger partial charge in [-0.25, -0.2) is 5.90 Å². The lowest BCUT2D eigenvalue weighted by atomic mass is 10.0. The van der Waals surface area contributed by atoms with Crippen molar-refractivity contribution in [1.29, 1.82) is 0 Å². The fraction of sp³-hybridized carbons (Fsp3) is 0.400. The zero-order chi connectivity index (χ0) is 9.26. The van der Waals surface area contributed by atoms with Crippen LogP contribution in [0.3, 0.4) is 0 Å². The molecule has 2 N–H and O–H groups in total.